The molecule has 1 aliphatic rings. The Bertz CT molecular complexity index is 553. The molecule has 0 aromatic carbocycles. The molecule has 4 nitrogen and oxygen atoms in total. The Morgan fingerprint density at radius 1 is 1.48 bits per heavy atom. The lowest BCUT2D eigenvalue weighted by Crippen LogP contribution is -2.44. The van der Waals surface area contributed by atoms with Gasteiger partial charge in [0, 0.05) is 21.6 Å². The molecule has 21 heavy (non-hydrogen) atoms. The van der Waals surface area contributed by atoms with Crippen LogP contribution in [0, 0.1) is 6.92 Å². The lowest BCUT2D eigenvalue weighted by Gasteiger charge is -2.25. The van der Waals surface area contributed by atoms with E-state index in [9.17, 15) is 14.7 Å². The second-order valence-corrected chi connectivity index (χ2v) is 7.49. The zero-order valence-corrected chi connectivity index (χ0v) is 13.7. The monoisotopic (exact) mass is 325 g/mol. The van der Waals surface area contributed by atoms with Crippen molar-refractivity contribution in [2.24, 2.45) is 0 Å². The maximum absolute atomic E-state index is 12.4. The molecular weight excluding hydrogens is 306 g/mol. The molecule has 114 valence electrons. The lowest BCUT2D eigenvalue weighted by atomic mass is 10.2. The van der Waals surface area contributed by atoms with Crippen LogP contribution < -0.4 is 0 Å². The van der Waals surface area contributed by atoms with Crippen molar-refractivity contribution < 1.29 is 14.7 Å². The van der Waals surface area contributed by atoms with Crippen LogP contribution in [0.3, 0.4) is 0 Å². The van der Waals surface area contributed by atoms with E-state index in [1.54, 1.807) is 29.2 Å². The molecule has 2 unspecified atom stereocenters. The van der Waals surface area contributed by atoms with Gasteiger partial charge in [-0.2, -0.15) is 0 Å². The summed E-state index contributed by atoms with van der Waals surface area (Å²) in [5.41, 5.74) is 0. The van der Waals surface area contributed by atoms with Gasteiger partial charge < -0.3 is 10.0 Å². The fourth-order valence-corrected chi connectivity index (χ4v) is 4.60. The predicted molar refractivity (Wildman–Crippen MR) is 87.5 cm³/mol. The van der Waals surface area contributed by atoms with Crippen LogP contribution >= 0.6 is 23.1 Å². The molecule has 6 heteroatoms. The second-order valence-electron chi connectivity index (χ2n) is 4.96. The van der Waals surface area contributed by atoms with E-state index in [4.69, 9.17) is 0 Å². The Hall–Kier alpha value is -1.27. The van der Waals surface area contributed by atoms with Crippen molar-refractivity contribution in [2.45, 2.75) is 38.1 Å². The minimum atomic E-state index is -0.921. The number of thiophene rings is 1. The van der Waals surface area contributed by atoms with Crippen LogP contribution in [0.5, 0.6) is 0 Å². The van der Waals surface area contributed by atoms with Gasteiger partial charge in [0.25, 0.3) is 0 Å². The summed E-state index contributed by atoms with van der Waals surface area (Å²) in [5, 5.41) is 9.25. The summed E-state index contributed by atoms with van der Waals surface area (Å²) < 4.78 is 0. The van der Waals surface area contributed by atoms with Gasteiger partial charge in [0.15, 0.2) is 0 Å². The highest BCUT2D eigenvalue weighted by Gasteiger charge is 2.40. The number of carboxylic acid groups (broad SMARTS) is 1. The molecule has 0 aliphatic carbocycles. The van der Waals surface area contributed by atoms with E-state index >= 15 is 0 Å². The third-order valence-electron chi connectivity index (χ3n) is 3.32. The molecule has 1 amide bonds. The van der Waals surface area contributed by atoms with Crippen molar-refractivity contribution in [3.63, 3.8) is 0 Å². The Kier molecular flexibility index (Phi) is 5.47. The van der Waals surface area contributed by atoms with Gasteiger partial charge in [0.1, 0.15) is 6.04 Å². The Morgan fingerprint density at radius 3 is 2.81 bits per heavy atom. The van der Waals surface area contributed by atoms with E-state index in [0.717, 1.165) is 17.7 Å². The van der Waals surface area contributed by atoms with Crippen LogP contribution in [-0.4, -0.2) is 39.1 Å². The summed E-state index contributed by atoms with van der Waals surface area (Å²) >= 11 is 3.17. The molecule has 0 bridgehead atoms. The van der Waals surface area contributed by atoms with Crippen molar-refractivity contribution in [2.75, 3.05) is 5.75 Å². The number of carboxylic acids is 1. The first kappa shape index (κ1) is 16.1. The van der Waals surface area contributed by atoms with Gasteiger partial charge in [0.2, 0.25) is 5.91 Å². The number of nitrogens with zero attached hydrogens (tertiary/aromatic N) is 1. The van der Waals surface area contributed by atoms with Crippen LogP contribution in [0.1, 0.15) is 29.5 Å². The molecule has 1 aliphatic heterocycles. The maximum Gasteiger partial charge on any atom is 0.327 e. The molecule has 1 saturated heterocycles. The summed E-state index contributed by atoms with van der Waals surface area (Å²) in [7, 11) is 0. The summed E-state index contributed by atoms with van der Waals surface area (Å²) in [4.78, 5) is 27.4. The minimum Gasteiger partial charge on any atom is -0.480 e. The normalized spacial score (nSPS) is 22.1. The first-order valence-electron chi connectivity index (χ1n) is 6.94. The highest BCUT2D eigenvalue weighted by atomic mass is 32.2. The molecule has 2 rings (SSSR count). The summed E-state index contributed by atoms with van der Waals surface area (Å²) in [5.74, 6) is -0.663. The van der Waals surface area contributed by atoms with Gasteiger partial charge in [-0.15, -0.1) is 23.1 Å². The van der Waals surface area contributed by atoms with Crippen molar-refractivity contribution >= 4 is 41.1 Å². The van der Waals surface area contributed by atoms with Crippen molar-refractivity contribution in [1.82, 2.24) is 4.90 Å². The molecule has 0 radical (unpaired) electrons. The fourth-order valence-electron chi connectivity index (χ4n) is 2.30. The standard InChI is InChI=1S/C15H19NO3S2/c1-3-4-14-16(12(9-20-14)15(18)19)13(17)8-7-11-6-5-10(2)21-11/h5-8,12,14H,3-4,9H2,1-2H3,(H,18,19). The maximum atomic E-state index is 12.4. The highest BCUT2D eigenvalue weighted by molar-refractivity contribution is 8.00. The molecule has 1 aromatic rings. The molecule has 1 fully saturated rings. The van der Waals surface area contributed by atoms with E-state index in [1.165, 1.54) is 15.9 Å². The van der Waals surface area contributed by atoms with Gasteiger partial charge in [-0.05, 0) is 31.6 Å². The van der Waals surface area contributed by atoms with Crippen LogP contribution in [0.4, 0.5) is 0 Å². The van der Waals surface area contributed by atoms with Gasteiger partial charge in [0.05, 0.1) is 5.37 Å². The van der Waals surface area contributed by atoms with E-state index in [2.05, 4.69) is 0 Å². The molecule has 1 N–H and O–H groups in total. The number of carbonyl (C=O) groups is 2. The number of thioether (sulfide) groups is 1. The predicted octanol–water partition coefficient (Wildman–Crippen LogP) is 3.22. The summed E-state index contributed by atoms with van der Waals surface area (Å²) in [6.07, 6.45) is 5.02. The number of rotatable bonds is 5. The lowest BCUT2D eigenvalue weighted by molar-refractivity contribution is -0.147. The van der Waals surface area contributed by atoms with Crippen molar-refractivity contribution in [3.05, 3.63) is 28.0 Å². The molecule has 0 saturated carbocycles. The van der Waals surface area contributed by atoms with Crippen LogP contribution in [0.2, 0.25) is 0 Å². The Labute approximate surface area is 132 Å². The first-order chi connectivity index (χ1) is 10.0. The van der Waals surface area contributed by atoms with E-state index in [0.29, 0.717) is 5.75 Å². The second kappa shape index (κ2) is 7.13. The van der Waals surface area contributed by atoms with Gasteiger partial charge in [-0.1, -0.05) is 13.3 Å². The third kappa shape index (κ3) is 3.89. The topological polar surface area (TPSA) is 57.6 Å². The van der Waals surface area contributed by atoms with Gasteiger partial charge in [-0.25, -0.2) is 4.79 Å². The number of aliphatic carboxylic acids is 1. The first-order valence-corrected chi connectivity index (χ1v) is 8.80. The average Bonchev–Trinajstić information content (AvgIpc) is 3.03. The minimum absolute atomic E-state index is 0.0293. The highest BCUT2D eigenvalue weighted by Crippen LogP contribution is 2.32. The fraction of sp³-hybridized carbons (Fsp3) is 0.467. The SMILES string of the molecule is CCCC1SCC(C(=O)O)N1C(=O)C=Cc1ccc(C)s1. The molecular formula is C15H19NO3S2. The number of amides is 1. The van der Waals surface area contributed by atoms with E-state index in [1.807, 2.05) is 26.0 Å². The molecule has 0 spiro atoms. The average molecular weight is 325 g/mol. The Morgan fingerprint density at radius 2 is 2.24 bits per heavy atom. The Balaban J connectivity index is 2.12. The van der Waals surface area contributed by atoms with Gasteiger partial charge >= 0.3 is 5.97 Å². The molecule has 1 aromatic heterocycles. The quantitative estimate of drug-likeness (QED) is 0.845. The zero-order valence-electron chi connectivity index (χ0n) is 12.1. The number of hydrogen-bond donors (Lipinski definition) is 1. The number of carbonyl (C=O) groups excluding carboxylic acids is 1. The van der Waals surface area contributed by atoms with Crippen LogP contribution in [0.25, 0.3) is 6.08 Å². The third-order valence-corrected chi connectivity index (χ3v) is 5.64. The van der Waals surface area contributed by atoms with E-state index in [-0.39, 0.29) is 11.3 Å². The largest absolute Gasteiger partial charge is 0.480 e. The summed E-state index contributed by atoms with van der Waals surface area (Å²) in [6, 6.07) is 3.25. The van der Waals surface area contributed by atoms with Crippen LogP contribution in [-0.2, 0) is 9.59 Å². The smallest absolute Gasteiger partial charge is 0.327 e. The number of aryl methyl sites for hydroxylation is 1. The molecule has 2 atom stereocenters. The van der Waals surface area contributed by atoms with Gasteiger partial charge in [-0.3, -0.25) is 4.79 Å². The zero-order chi connectivity index (χ0) is 15.4. The van der Waals surface area contributed by atoms with E-state index < -0.39 is 12.0 Å². The number of hydrogen-bond acceptors (Lipinski definition) is 4. The van der Waals surface area contributed by atoms with Crippen molar-refractivity contribution in [3.8, 4) is 0 Å². The van der Waals surface area contributed by atoms with Crippen LogP contribution in [0.15, 0.2) is 18.2 Å². The van der Waals surface area contributed by atoms with Crippen molar-refractivity contribution in [1.29, 1.82) is 0 Å². The summed E-state index contributed by atoms with van der Waals surface area (Å²) in [6.45, 7) is 4.06. The molecule has 2 heterocycles.